The smallest absolute Gasteiger partial charge is 0.502 e. The highest BCUT2D eigenvalue weighted by Gasteiger charge is 2.10. The summed E-state index contributed by atoms with van der Waals surface area (Å²) in [5.74, 6) is 0.346. The lowest BCUT2D eigenvalue weighted by Crippen LogP contribution is -1.91. The van der Waals surface area contributed by atoms with Crippen LogP contribution in [0.15, 0.2) is 12.1 Å². The average molecular weight is 244 g/mol. The monoisotopic (exact) mass is 244 g/mol. The quantitative estimate of drug-likeness (QED) is 0.689. The maximum absolute atomic E-state index is 10.5. The lowest BCUT2D eigenvalue weighted by molar-refractivity contribution is 0.112. The van der Waals surface area contributed by atoms with Gasteiger partial charge in [-0.2, -0.15) is 0 Å². The normalized spacial score (nSPS) is 8.59. The Hall–Kier alpha value is -2.44. The number of ether oxygens (including phenoxy) is 2. The highest BCUT2D eigenvalue weighted by Crippen LogP contribution is 2.36. The summed E-state index contributed by atoms with van der Waals surface area (Å²) >= 11 is 0. The van der Waals surface area contributed by atoms with Crippen molar-refractivity contribution >= 4 is 12.4 Å². The van der Waals surface area contributed by atoms with E-state index in [2.05, 4.69) is 0 Å². The Labute approximate surface area is 96.8 Å². The van der Waals surface area contributed by atoms with E-state index in [1.165, 1.54) is 26.4 Å². The van der Waals surface area contributed by atoms with Crippen LogP contribution in [0.5, 0.6) is 17.2 Å². The second-order valence-electron chi connectivity index (χ2n) is 2.67. The fraction of sp³-hybridized carbons (Fsp3) is 0.200. The fourth-order valence-electron chi connectivity index (χ4n) is 0.982. The summed E-state index contributed by atoms with van der Waals surface area (Å²) in [5, 5.41) is 23.4. The number of carboxylic acid groups (broad SMARTS) is 2. The van der Waals surface area contributed by atoms with Gasteiger partial charge in [0.05, 0.1) is 14.2 Å². The van der Waals surface area contributed by atoms with Crippen LogP contribution in [0, 0.1) is 0 Å². The maximum Gasteiger partial charge on any atom is 0.503 e. The first-order valence-electron chi connectivity index (χ1n) is 4.28. The molecule has 0 atom stereocenters. The van der Waals surface area contributed by atoms with Gasteiger partial charge in [0.25, 0.3) is 0 Å². The number of aldehydes is 1. The van der Waals surface area contributed by atoms with Crippen LogP contribution < -0.4 is 9.47 Å². The third kappa shape index (κ3) is 4.74. The molecule has 0 saturated carbocycles. The standard InChI is InChI=1S/C9H10O4.CH2O3/c1-12-7-3-6(5-10)4-8(13-2)9(7)11;2-1(3)4/h3-5,11H,1-2H3;(H2,2,3,4). The highest BCUT2D eigenvalue weighted by atomic mass is 16.6. The summed E-state index contributed by atoms with van der Waals surface area (Å²) in [6.07, 6.45) is -1.18. The summed E-state index contributed by atoms with van der Waals surface area (Å²) in [6.45, 7) is 0. The van der Waals surface area contributed by atoms with Crippen molar-refractivity contribution in [1.29, 1.82) is 0 Å². The Balaban J connectivity index is 0.000000557. The molecule has 3 N–H and O–H groups in total. The predicted molar refractivity (Wildman–Crippen MR) is 57.3 cm³/mol. The van der Waals surface area contributed by atoms with Gasteiger partial charge in [-0.05, 0) is 12.1 Å². The summed E-state index contributed by atoms with van der Waals surface area (Å²) in [4.78, 5) is 19.0. The molecule has 0 fully saturated rings. The van der Waals surface area contributed by atoms with E-state index in [0.29, 0.717) is 11.8 Å². The predicted octanol–water partition coefficient (Wildman–Crippen LogP) is 1.44. The molecule has 1 rings (SSSR count). The molecule has 0 unspecified atom stereocenters. The third-order valence-electron chi connectivity index (χ3n) is 1.64. The second-order valence-corrected chi connectivity index (χ2v) is 2.67. The van der Waals surface area contributed by atoms with E-state index in [4.69, 9.17) is 24.5 Å². The summed E-state index contributed by atoms with van der Waals surface area (Å²) in [7, 11) is 2.81. The van der Waals surface area contributed by atoms with Crippen molar-refractivity contribution in [3.8, 4) is 17.2 Å². The number of carbonyl (C=O) groups excluding carboxylic acids is 1. The lowest BCUT2D eigenvalue weighted by atomic mass is 10.2. The average Bonchev–Trinajstić information content (AvgIpc) is 2.28. The molecule has 7 heteroatoms. The van der Waals surface area contributed by atoms with Crippen LogP contribution in [-0.2, 0) is 0 Å². The minimum absolute atomic E-state index is 0.101. The number of carbonyl (C=O) groups is 2. The van der Waals surface area contributed by atoms with Crippen molar-refractivity contribution in [2.45, 2.75) is 0 Å². The number of hydrogen-bond donors (Lipinski definition) is 3. The van der Waals surface area contributed by atoms with Crippen molar-refractivity contribution in [3.05, 3.63) is 17.7 Å². The van der Waals surface area contributed by atoms with E-state index in [0.717, 1.165) is 0 Å². The molecule has 94 valence electrons. The van der Waals surface area contributed by atoms with Gasteiger partial charge < -0.3 is 24.8 Å². The molecule has 0 saturated heterocycles. The van der Waals surface area contributed by atoms with E-state index in [9.17, 15) is 9.90 Å². The van der Waals surface area contributed by atoms with Crippen LogP contribution in [0.2, 0.25) is 0 Å². The van der Waals surface area contributed by atoms with Gasteiger partial charge in [0.1, 0.15) is 6.29 Å². The zero-order valence-corrected chi connectivity index (χ0v) is 9.21. The molecule has 0 bridgehead atoms. The number of benzene rings is 1. The minimum Gasteiger partial charge on any atom is -0.502 e. The van der Waals surface area contributed by atoms with Gasteiger partial charge in [-0.3, -0.25) is 4.79 Å². The van der Waals surface area contributed by atoms with E-state index in [-0.39, 0.29) is 17.2 Å². The Bertz CT molecular complexity index is 371. The van der Waals surface area contributed by atoms with Crippen LogP contribution in [-0.4, -0.2) is 42.0 Å². The van der Waals surface area contributed by atoms with E-state index in [1.807, 2.05) is 0 Å². The fourth-order valence-corrected chi connectivity index (χ4v) is 0.982. The van der Waals surface area contributed by atoms with E-state index >= 15 is 0 Å². The van der Waals surface area contributed by atoms with Crippen LogP contribution in [0.25, 0.3) is 0 Å². The van der Waals surface area contributed by atoms with Gasteiger partial charge >= 0.3 is 6.16 Å². The van der Waals surface area contributed by atoms with Crippen LogP contribution in [0.4, 0.5) is 4.79 Å². The van der Waals surface area contributed by atoms with E-state index in [1.54, 1.807) is 0 Å². The number of aromatic hydroxyl groups is 1. The minimum atomic E-state index is -1.83. The molecule has 0 aromatic heterocycles. The highest BCUT2D eigenvalue weighted by molar-refractivity contribution is 5.78. The molecule has 17 heavy (non-hydrogen) atoms. The van der Waals surface area contributed by atoms with E-state index < -0.39 is 6.16 Å². The van der Waals surface area contributed by atoms with Crippen molar-refractivity contribution in [3.63, 3.8) is 0 Å². The molecular weight excluding hydrogens is 232 g/mol. The van der Waals surface area contributed by atoms with Gasteiger partial charge in [-0.25, -0.2) is 4.79 Å². The molecular formula is C10H12O7. The first-order chi connectivity index (χ1) is 7.96. The first-order valence-corrected chi connectivity index (χ1v) is 4.28. The molecule has 0 aliphatic carbocycles. The lowest BCUT2D eigenvalue weighted by Gasteiger charge is -2.08. The molecule has 7 nitrogen and oxygen atoms in total. The van der Waals surface area contributed by atoms with Crippen LogP contribution >= 0.6 is 0 Å². The molecule has 0 radical (unpaired) electrons. The second kappa shape index (κ2) is 6.94. The van der Waals surface area contributed by atoms with Crippen molar-refractivity contribution in [1.82, 2.24) is 0 Å². The maximum atomic E-state index is 10.5. The number of phenolic OH excluding ortho intramolecular Hbond substituents is 1. The van der Waals surface area contributed by atoms with Crippen molar-refractivity contribution in [2.24, 2.45) is 0 Å². The molecule has 0 spiro atoms. The number of methoxy groups -OCH3 is 2. The van der Waals surface area contributed by atoms with Gasteiger partial charge in [0, 0.05) is 5.56 Å². The molecule has 1 aromatic carbocycles. The summed E-state index contributed by atoms with van der Waals surface area (Å²) in [6, 6.07) is 2.87. The molecule has 1 aromatic rings. The first kappa shape index (κ1) is 14.6. The molecule has 0 amide bonds. The van der Waals surface area contributed by atoms with Crippen molar-refractivity contribution in [2.75, 3.05) is 14.2 Å². The van der Waals surface area contributed by atoms with Gasteiger partial charge in [0.2, 0.25) is 5.75 Å². The van der Waals surface area contributed by atoms with Crippen LogP contribution in [0.3, 0.4) is 0 Å². The summed E-state index contributed by atoms with van der Waals surface area (Å²) in [5.41, 5.74) is 0.395. The number of phenols is 1. The van der Waals surface area contributed by atoms with Crippen LogP contribution in [0.1, 0.15) is 10.4 Å². The molecule has 0 aliphatic rings. The zero-order valence-electron chi connectivity index (χ0n) is 9.21. The van der Waals surface area contributed by atoms with Gasteiger partial charge in [-0.15, -0.1) is 0 Å². The van der Waals surface area contributed by atoms with Gasteiger partial charge in [0.15, 0.2) is 11.5 Å². The topological polar surface area (TPSA) is 113 Å². The Morgan fingerprint density at radius 3 is 1.76 bits per heavy atom. The van der Waals surface area contributed by atoms with Gasteiger partial charge in [-0.1, -0.05) is 0 Å². The Morgan fingerprint density at radius 2 is 1.53 bits per heavy atom. The SMILES string of the molecule is COc1cc(C=O)cc(OC)c1O.O=C(O)O. The number of rotatable bonds is 3. The Kier molecular flexibility index (Phi) is 5.94. The third-order valence-corrected chi connectivity index (χ3v) is 1.64. The largest absolute Gasteiger partial charge is 0.503 e. The molecule has 0 aliphatic heterocycles. The van der Waals surface area contributed by atoms with Crippen molar-refractivity contribution < 1.29 is 34.4 Å². The number of hydrogen-bond acceptors (Lipinski definition) is 5. The Morgan fingerprint density at radius 1 is 1.18 bits per heavy atom. The molecule has 0 heterocycles. The summed E-state index contributed by atoms with van der Waals surface area (Å²) < 4.78 is 9.68. The zero-order chi connectivity index (χ0) is 13.4.